The van der Waals surface area contributed by atoms with Crippen LogP contribution in [-0.4, -0.2) is 44.8 Å². The molecule has 0 radical (unpaired) electrons. The summed E-state index contributed by atoms with van der Waals surface area (Å²) in [5, 5.41) is 13.5. The lowest BCUT2D eigenvalue weighted by Crippen LogP contribution is -2.21. The molecule has 2 aliphatic rings. The van der Waals surface area contributed by atoms with Gasteiger partial charge in [0.1, 0.15) is 12.2 Å². The van der Waals surface area contributed by atoms with Crippen molar-refractivity contribution in [3.05, 3.63) is 97.1 Å². The Morgan fingerprint density at radius 2 is 1.48 bits per heavy atom. The van der Waals surface area contributed by atoms with Crippen molar-refractivity contribution in [3.8, 4) is 11.1 Å². The van der Waals surface area contributed by atoms with Crippen LogP contribution in [0.2, 0.25) is 0 Å². The molecule has 1 aromatic heterocycles. The lowest BCUT2D eigenvalue weighted by molar-refractivity contribution is -0.140. The van der Waals surface area contributed by atoms with Crippen molar-refractivity contribution >= 4 is 23.0 Å². The number of Topliss-reactive ketones (excluding diaryl/α,β-unsaturated/α-hetero) is 1. The molecule has 338 valence electrons. The molecule has 5 rings (SSSR count). The van der Waals surface area contributed by atoms with Crippen LogP contribution in [0.1, 0.15) is 190 Å². The molecule has 0 amide bonds. The van der Waals surface area contributed by atoms with Gasteiger partial charge >= 0.3 is 5.97 Å². The van der Waals surface area contributed by atoms with Crippen LogP contribution in [0, 0.1) is 11.3 Å². The first-order valence-corrected chi connectivity index (χ1v) is 23.0. The Hall–Kier alpha value is -4.10. The molecule has 2 atom stereocenters. The Kier molecular flexibility index (Phi) is 32.5. The largest absolute Gasteiger partial charge is 0.469 e. The van der Waals surface area contributed by atoms with E-state index in [0.717, 1.165) is 53.4 Å². The molecular formula is C53H87N3O4. The molecule has 2 heterocycles. The fraction of sp³-hybridized carbons (Fsp3) is 0.585. The van der Waals surface area contributed by atoms with Crippen LogP contribution in [0.15, 0.2) is 80.2 Å². The van der Waals surface area contributed by atoms with Gasteiger partial charge in [-0.15, -0.1) is 13.2 Å². The quantitative estimate of drug-likeness (QED) is 0.162. The summed E-state index contributed by atoms with van der Waals surface area (Å²) in [5.74, 6) is 2.05. The summed E-state index contributed by atoms with van der Waals surface area (Å²) in [6.45, 7) is 36.2. The van der Waals surface area contributed by atoms with Crippen LogP contribution >= 0.6 is 0 Å². The predicted molar refractivity (Wildman–Crippen MR) is 260 cm³/mol. The normalized spacial score (nSPS) is 14.9. The number of rotatable bonds is 10. The number of aliphatic hydroxyl groups excluding tert-OH is 1. The van der Waals surface area contributed by atoms with Crippen molar-refractivity contribution in [3.63, 3.8) is 0 Å². The van der Waals surface area contributed by atoms with E-state index in [1.165, 1.54) is 68.7 Å². The molecular weight excluding hydrogens is 743 g/mol. The first-order valence-electron chi connectivity index (χ1n) is 23.0. The molecule has 3 aromatic rings. The van der Waals surface area contributed by atoms with E-state index in [0.29, 0.717) is 19.3 Å². The number of allylic oxidation sites excluding steroid dienone is 3. The van der Waals surface area contributed by atoms with Crippen molar-refractivity contribution < 1.29 is 19.4 Å². The summed E-state index contributed by atoms with van der Waals surface area (Å²) in [6, 6.07) is 17.1. The minimum Gasteiger partial charge on any atom is -0.469 e. The van der Waals surface area contributed by atoms with E-state index in [1.807, 2.05) is 60.1 Å². The zero-order valence-corrected chi connectivity index (χ0v) is 40.8. The molecule has 7 heteroatoms. The first kappa shape index (κ1) is 58.0. The van der Waals surface area contributed by atoms with Gasteiger partial charge in [-0.2, -0.15) is 5.10 Å². The van der Waals surface area contributed by atoms with Gasteiger partial charge in [-0.3, -0.25) is 9.59 Å². The Balaban J connectivity index is 0. The molecule has 1 aliphatic carbocycles. The Morgan fingerprint density at radius 1 is 0.933 bits per heavy atom. The van der Waals surface area contributed by atoms with Gasteiger partial charge in [-0.05, 0) is 66.7 Å². The smallest absolute Gasteiger partial charge is 0.305 e. The van der Waals surface area contributed by atoms with Crippen LogP contribution in [0.3, 0.4) is 0 Å². The van der Waals surface area contributed by atoms with Crippen molar-refractivity contribution in [2.75, 3.05) is 7.11 Å². The molecule has 1 aliphatic heterocycles. The lowest BCUT2D eigenvalue weighted by Gasteiger charge is -2.23. The zero-order valence-electron chi connectivity index (χ0n) is 40.8. The highest BCUT2D eigenvalue weighted by molar-refractivity contribution is 6.01. The number of fused-ring (bicyclic) bond motifs is 1. The molecule has 2 aromatic carbocycles. The molecule has 60 heavy (non-hydrogen) atoms. The van der Waals surface area contributed by atoms with Gasteiger partial charge in [0, 0.05) is 30.8 Å². The average Bonchev–Trinajstić information content (AvgIpc) is 3.72. The summed E-state index contributed by atoms with van der Waals surface area (Å²) < 4.78 is 6.28. The van der Waals surface area contributed by atoms with E-state index in [4.69, 9.17) is 10.1 Å². The third-order valence-electron chi connectivity index (χ3n) is 10.2. The highest BCUT2D eigenvalue weighted by Crippen LogP contribution is 2.37. The maximum atomic E-state index is 13.8. The predicted octanol–water partition coefficient (Wildman–Crippen LogP) is 14.9. The molecule has 7 nitrogen and oxygen atoms in total. The average molecular weight is 830 g/mol. The number of methoxy groups -OCH3 is 1. The molecule has 1 fully saturated rings. The SMILES string of the molecule is C=C.C=C(C)c1ccccc1-c1ccc(CC2=C(CCC)n3ncnc3C(CCC3CCCCC3)CC2=O)cc1.CC.CC.CC(O)C(C)(C)C.CCC.CCC(=O)OC. The summed E-state index contributed by atoms with van der Waals surface area (Å²) in [7, 11) is 1.38. The van der Waals surface area contributed by atoms with Crippen molar-refractivity contribution in [2.45, 2.75) is 186 Å². The van der Waals surface area contributed by atoms with Crippen molar-refractivity contribution in [1.29, 1.82) is 0 Å². The minimum absolute atomic E-state index is 0.0556. The molecule has 0 bridgehead atoms. The summed E-state index contributed by atoms with van der Waals surface area (Å²) in [4.78, 5) is 28.5. The maximum absolute atomic E-state index is 13.8. The fourth-order valence-electron chi connectivity index (χ4n) is 6.56. The van der Waals surface area contributed by atoms with E-state index in [2.05, 4.69) is 98.9 Å². The van der Waals surface area contributed by atoms with Gasteiger partial charge < -0.3 is 9.84 Å². The second-order valence-electron chi connectivity index (χ2n) is 16.0. The first-order chi connectivity index (χ1) is 28.7. The Morgan fingerprint density at radius 3 is 1.95 bits per heavy atom. The van der Waals surface area contributed by atoms with Gasteiger partial charge in [0.25, 0.3) is 0 Å². The third kappa shape index (κ3) is 20.9. The summed E-state index contributed by atoms with van der Waals surface area (Å²) >= 11 is 0. The van der Waals surface area contributed by atoms with Crippen molar-refractivity contribution in [1.82, 2.24) is 14.8 Å². The number of carbonyl (C=O) groups is 2. The summed E-state index contributed by atoms with van der Waals surface area (Å²) in [5.41, 5.74) is 7.76. The van der Waals surface area contributed by atoms with Gasteiger partial charge in [-0.1, -0.05) is 182 Å². The van der Waals surface area contributed by atoms with Gasteiger partial charge in [0.05, 0.1) is 18.9 Å². The van der Waals surface area contributed by atoms with Crippen LogP contribution in [0.5, 0.6) is 0 Å². The highest BCUT2D eigenvalue weighted by Gasteiger charge is 2.31. The van der Waals surface area contributed by atoms with Crippen molar-refractivity contribution in [2.24, 2.45) is 11.3 Å². The fourth-order valence-corrected chi connectivity index (χ4v) is 6.56. The summed E-state index contributed by atoms with van der Waals surface area (Å²) in [6.07, 6.45) is 15.1. The number of hydrogen-bond donors (Lipinski definition) is 1. The Bertz CT molecular complexity index is 1620. The number of aromatic nitrogens is 3. The van der Waals surface area contributed by atoms with E-state index in [1.54, 1.807) is 20.2 Å². The van der Waals surface area contributed by atoms with E-state index in [9.17, 15) is 9.59 Å². The number of ether oxygens (including phenoxy) is 1. The van der Waals surface area contributed by atoms with Crippen LogP contribution in [0.25, 0.3) is 22.4 Å². The molecule has 0 saturated heterocycles. The lowest BCUT2D eigenvalue weighted by atomic mass is 9.82. The zero-order chi connectivity index (χ0) is 46.3. The minimum atomic E-state index is -0.201. The second kappa shape index (κ2) is 33.6. The number of ketones is 1. The molecule has 2 unspecified atom stereocenters. The van der Waals surface area contributed by atoms with E-state index in [-0.39, 0.29) is 29.2 Å². The van der Waals surface area contributed by atoms with Gasteiger partial charge in [0.15, 0.2) is 5.78 Å². The monoisotopic (exact) mass is 830 g/mol. The van der Waals surface area contributed by atoms with Crippen LogP contribution in [0.4, 0.5) is 0 Å². The topological polar surface area (TPSA) is 94.3 Å². The molecule has 1 saturated carbocycles. The number of carbonyl (C=O) groups excluding carboxylic acids is 2. The third-order valence-corrected chi connectivity index (χ3v) is 10.2. The number of hydrogen-bond acceptors (Lipinski definition) is 6. The van der Waals surface area contributed by atoms with E-state index >= 15 is 0 Å². The van der Waals surface area contributed by atoms with Crippen LogP contribution in [-0.2, 0) is 20.7 Å². The number of esters is 1. The number of aliphatic hydroxyl groups is 1. The Labute approximate surface area is 368 Å². The van der Waals surface area contributed by atoms with E-state index < -0.39 is 0 Å². The standard InChI is InChI=1S/C34H41N3O.C6H14O.C4H8O2.C3H8.2C2H6.C2H4/c1-4-10-32-31(21-26-16-18-27(19-17-26)30-14-9-8-13-29(30)24(2)3)33(38)22-28(34-35-23-36-37(32)34)20-15-25-11-6-5-7-12-25;1-5(7)6(2,3)4;1-3-4(5)6-2;1-3-2;3*1-2/h8-9,13-14,16-19,23,25,28H,2,4-7,10-12,15,20-22H2,1,3H3;5,7H,1-4H3;3H2,1-2H3;3H2,1-2H3;2*1-2H3;1-2H2. The molecule has 1 N–H and O–H groups in total. The number of benzene rings is 2. The maximum Gasteiger partial charge on any atom is 0.305 e. The van der Waals surface area contributed by atoms with Crippen LogP contribution < -0.4 is 0 Å². The second-order valence-corrected chi connectivity index (χ2v) is 16.0. The van der Waals surface area contributed by atoms with Gasteiger partial charge in [0.2, 0.25) is 0 Å². The highest BCUT2D eigenvalue weighted by atomic mass is 16.5. The number of nitrogens with zero attached hydrogens (tertiary/aromatic N) is 3. The van der Waals surface area contributed by atoms with Gasteiger partial charge in [-0.25, -0.2) is 9.67 Å². The molecule has 0 spiro atoms.